The smallest absolute Gasteiger partial charge is 0.377 e. The van der Waals surface area contributed by atoms with Gasteiger partial charge in [-0.2, -0.15) is 13.2 Å². The second kappa shape index (κ2) is 11.3. The molecular weight excluding hydrogens is 623 g/mol. The van der Waals surface area contributed by atoms with Gasteiger partial charge in [-0.25, -0.2) is 8.42 Å². The molecule has 238 valence electrons. The molecular formula is C37H30F3N3O3S. The van der Waals surface area contributed by atoms with E-state index in [9.17, 15) is 26.4 Å². The highest BCUT2D eigenvalue weighted by Gasteiger charge is 2.42. The molecule has 7 rings (SSSR count). The molecule has 5 aromatic carbocycles. The van der Waals surface area contributed by atoms with Gasteiger partial charge >= 0.3 is 6.18 Å². The SMILES string of the molecule is CN(C)c1ccc(CC2=Cc3ccccc3C2C2C(=O)Nc3ccc(S(=O)(=O)Nc4ccc(C(F)(F)F)cc4)cc32)c2ccccc12. The third-order valence-corrected chi connectivity index (χ3v) is 10.3. The molecule has 0 radical (unpaired) electrons. The van der Waals surface area contributed by atoms with Crippen LogP contribution in [0.2, 0.25) is 0 Å². The maximum Gasteiger partial charge on any atom is 0.416 e. The fourth-order valence-electron chi connectivity index (χ4n) is 6.78. The first-order valence-electron chi connectivity index (χ1n) is 15.0. The number of fused-ring (bicyclic) bond motifs is 3. The summed E-state index contributed by atoms with van der Waals surface area (Å²) in [6.45, 7) is 0. The maximum atomic E-state index is 13.7. The number of halogens is 3. The van der Waals surface area contributed by atoms with E-state index in [1.165, 1.54) is 12.1 Å². The molecule has 2 atom stereocenters. The van der Waals surface area contributed by atoms with E-state index < -0.39 is 27.7 Å². The number of sulfonamides is 1. The predicted molar refractivity (Wildman–Crippen MR) is 179 cm³/mol. The fraction of sp³-hybridized carbons (Fsp3) is 0.162. The Balaban J connectivity index is 1.25. The summed E-state index contributed by atoms with van der Waals surface area (Å²) in [5.74, 6) is -1.28. The summed E-state index contributed by atoms with van der Waals surface area (Å²) in [6.07, 6.45) is -1.83. The number of amides is 1. The summed E-state index contributed by atoms with van der Waals surface area (Å²) in [4.78, 5) is 15.7. The van der Waals surface area contributed by atoms with Crippen LogP contribution in [0, 0.1) is 0 Å². The summed E-state index contributed by atoms with van der Waals surface area (Å²) in [5.41, 5.74) is 5.44. The molecule has 1 aliphatic heterocycles. The summed E-state index contributed by atoms with van der Waals surface area (Å²) in [7, 11) is -0.172. The third-order valence-electron chi connectivity index (χ3n) is 8.95. The van der Waals surface area contributed by atoms with E-state index in [1.807, 2.05) is 50.5 Å². The van der Waals surface area contributed by atoms with E-state index in [-0.39, 0.29) is 22.4 Å². The summed E-state index contributed by atoms with van der Waals surface area (Å²) < 4.78 is 68.3. The number of hydrogen-bond donors (Lipinski definition) is 2. The van der Waals surface area contributed by atoms with Gasteiger partial charge in [-0.1, -0.05) is 66.2 Å². The number of nitrogens with one attached hydrogen (secondary N) is 2. The highest BCUT2D eigenvalue weighted by Crippen LogP contribution is 2.51. The van der Waals surface area contributed by atoms with Gasteiger partial charge in [0.1, 0.15) is 0 Å². The van der Waals surface area contributed by atoms with E-state index in [0.717, 1.165) is 63.0 Å². The molecule has 2 N–H and O–H groups in total. The second-order valence-electron chi connectivity index (χ2n) is 12.1. The zero-order valence-corrected chi connectivity index (χ0v) is 26.3. The molecule has 2 unspecified atom stereocenters. The van der Waals surface area contributed by atoms with Crippen molar-refractivity contribution in [3.63, 3.8) is 0 Å². The van der Waals surface area contributed by atoms with Crippen LogP contribution in [-0.4, -0.2) is 28.4 Å². The molecule has 0 saturated carbocycles. The molecule has 6 nitrogen and oxygen atoms in total. The monoisotopic (exact) mass is 653 g/mol. The Morgan fingerprint density at radius 1 is 0.809 bits per heavy atom. The van der Waals surface area contributed by atoms with Crippen LogP contribution >= 0.6 is 0 Å². The van der Waals surface area contributed by atoms with Crippen LogP contribution in [0.15, 0.2) is 114 Å². The summed E-state index contributed by atoms with van der Waals surface area (Å²) in [6, 6.07) is 28.6. The standard InChI is InChI=1S/C37H30F3N3O3S/c1-43(2)33-18-11-23(28-8-5-6-10-30(28)33)20-24-19-22-7-3-4-9-29(22)34(24)35-31-21-27(16-17-32(31)41-36(35)44)47(45,46)42-26-14-12-25(13-15-26)37(38,39)40/h3-19,21,34-35,42H,20H2,1-2H3,(H,41,44). The number of benzene rings is 5. The zero-order valence-electron chi connectivity index (χ0n) is 25.5. The minimum absolute atomic E-state index is 0.00768. The highest BCUT2D eigenvalue weighted by molar-refractivity contribution is 7.92. The quantitative estimate of drug-likeness (QED) is 0.186. The highest BCUT2D eigenvalue weighted by atomic mass is 32.2. The molecule has 2 aliphatic rings. The Labute approximate surface area is 270 Å². The van der Waals surface area contributed by atoms with Gasteiger partial charge in [-0.3, -0.25) is 9.52 Å². The average Bonchev–Trinajstić information content (AvgIpc) is 3.55. The Morgan fingerprint density at radius 2 is 1.51 bits per heavy atom. The van der Waals surface area contributed by atoms with Gasteiger partial charge in [0.05, 0.1) is 16.4 Å². The van der Waals surface area contributed by atoms with Crippen molar-refractivity contribution in [2.45, 2.75) is 29.3 Å². The molecule has 0 fully saturated rings. The van der Waals surface area contributed by atoms with Crippen LogP contribution < -0.4 is 14.9 Å². The Morgan fingerprint density at radius 3 is 2.23 bits per heavy atom. The van der Waals surface area contributed by atoms with E-state index in [1.54, 1.807) is 6.07 Å². The lowest BCUT2D eigenvalue weighted by Gasteiger charge is -2.24. The van der Waals surface area contributed by atoms with Gasteiger partial charge in [0.15, 0.2) is 0 Å². The number of anilines is 3. The molecule has 0 spiro atoms. The van der Waals surface area contributed by atoms with Gasteiger partial charge < -0.3 is 10.2 Å². The van der Waals surface area contributed by atoms with E-state index in [2.05, 4.69) is 45.3 Å². The van der Waals surface area contributed by atoms with Crippen molar-refractivity contribution in [1.29, 1.82) is 0 Å². The number of alkyl halides is 3. The van der Waals surface area contributed by atoms with Crippen LogP contribution in [0.25, 0.3) is 16.8 Å². The first-order valence-corrected chi connectivity index (χ1v) is 16.5. The molecule has 10 heteroatoms. The Kier molecular flexibility index (Phi) is 7.35. The molecule has 1 amide bonds. The van der Waals surface area contributed by atoms with E-state index in [4.69, 9.17) is 0 Å². The minimum Gasteiger partial charge on any atom is -0.377 e. The Hall–Kier alpha value is -5.09. The van der Waals surface area contributed by atoms with Crippen molar-refractivity contribution < 1.29 is 26.4 Å². The van der Waals surface area contributed by atoms with Crippen molar-refractivity contribution >= 4 is 49.8 Å². The minimum atomic E-state index is -4.54. The molecule has 5 aromatic rings. The molecule has 0 aromatic heterocycles. The largest absolute Gasteiger partial charge is 0.416 e. The lowest BCUT2D eigenvalue weighted by molar-refractivity contribution is -0.137. The van der Waals surface area contributed by atoms with Gasteiger partial charge in [0, 0.05) is 42.5 Å². The third kappa shape index (κ3) is 5.52. The Bertz CT molecular complexity index is 2190. The van der Waals surface area contributed by atoms with Crippen molar-refractivity contribution in [3.8, 4) is 0 Å². The predicted octanol–water partition coefficient (Wildman–Crippen LogP) is 8.18. The second-order valence-corrected chi connectivity index (χ2v) is 13.8. The van der Waals surface area contributed by atoms with E-state index >= 15 is 0 Å². The van der Waals surface area contributed by atoms with Crippen LogP contribution in [0.3, 0.4) is 0 Å². The number of carbonyl (C=O) groups excluding carboxylic acids is 1. The normalized spacial score (nSPS) is 17.2. The van der Waals surface area contributed by atoms with Gasteiger partial charge in [-0.05, 0) is 82.6 Å². The van der Waals surface area contributed by atoms with Gasteiger partial charge in [0.25, 0.3) is 10.0 Å². The number of rotatable bonds is 7. The number of carbonyl (C=O) groups is 1. The molecule has 1 heterocycles. The zero-order chi connectivity index (χ0) is 33.1. The van der Waals surface area contributed by atoms with Crippen molar-refractivity contribution in [3.05, 3.63) is 137 Å². The van der Waals surface area contributed by atoms with Crippen LogP contribution in [0.1, 0.15) is 39.7 Å². The topological polar surface area (TPSA) is 78.5 Å². The molecule has 0 saturated heterocycles. The molecule has 1 aliphatic carbocycles. The number of allylic oxidation sites excluding steroid dienone is 1. The van der Waals surface area contributed by atoms with Crippen molar-refractivity contribution in [2.75, 3.05) is 29.0 Å². The van der Waals surface area contributed by atoms with Crippen LogP contribution in [-0.2, 0) is 27.4 Å². The first-order chi connectivity index (χ1) is 22.4. The van der Waals surface area contributed by atoms with Crippen LogP contribution in [0.5, 0.6) is 0 Å². The van der Waals surface area contributed by atoms with Crippen molar-refractivity contribution in [1.82, 2.24) is 0 Å². The average molecular weight is 654 g/mol. The molecule has 0 bridgehead atoms. The molecule has 47 heavy (non-hydrogen) atoms. The number of nitrogens with zero attached hydrogens (tertiary/aromatic N) is 1. The van der Waals surface area contributed by atoms with Gasteiger partial charge in [0.2, 0.25) is 5.91 Å². The fourth-order valence-corrected chi connectivity index (χ4v) is 7.88. The lowest BCUT2D eigenvalue weighted by Crippen LogP contribution is -2.21. The van der Waals surface area contributed by atoms with E-state index in [0.29, 0.717) is 17.7 Å². The maximum absolute atomic E-state index is 13.7. The summed E-state index contributed by atoms with van der Waals surface area (Å²) in [5, 5.41) is 5.19. The van der Waals surface area contributed by atoms with Gasteiger partial charge in [-0.15, -0.1) is 0 Å². The number of hydrogen-bond acceptors (Lipinski definition) is 4. The summed E-state index contributed by atoms with van der Waals surface area (Å²) >= 11 is 0. The first kappa shape index (κ1) is 30.6. The lowest BCUT2D eigenvalue weighted by atomic mass is 9.78. The van der Waals surface area contributed by atoms with Crippen LogP contribution in [0.4, 0.5) is 30.2 Å². The van der Waals surface area contributed by atoms with Crippen molar-refractivity contribution in [2.24, 2.45) is 0 Å².